The third-order valence-corrected chi connectivity index (χ3v) is 6.76. The highest BCUT2D eigenvalue weighted by atomic mass is 16.1. The van der Waals surface area contributed by atoms with Gasteiger partial charge < -0.3 is 15.2 Å². The zero-order valence-electron chi connectivity index (χ0n) is 15.3. The lowest BCUT2D eigenvalue weighted by Crippen LogP contribution is -2.49. The first-order valence-corrected chi connectivity index (χ1v) is 9.89. The van der Waals surface area contributed by atoms with Crippen molar-refractivity contribution in [2.24, 2.45) is 23.2 Å². The van der Waals surface area contributed by atoms with Crippen LogP contribution in [-0.4, -0.2) is 40.5 Å². The maximum absolute atomic E-state index is 12.8. The number of rotatable bonds is 4. The molecular formula is C20H24N6O. The second-order valence-corrected chi connectivity index (χ2v) is 8.47. The molecule has 1 atom stereocenters. The molecule has 1 amide bonds. The fraction of sp³-hybridized carbons (Fsp3) is 0.600. The highest BCUT2D eigenvalue weighted by molar-refractivity contribution is 5.87. The number of hydrogen-bond acceptors (Lipinski definition) is 5. The van der Waals surface area contributed by atoms with Crippen LogP contribution in [0.15, 0.2) is 18.6 Å². The maximum Gasteiger partial charge on any atom is 0.223 e. The van der Waals surface area contributed by atoms with Gasteiger partial charge in [0, 0.05) is 37.7 Å². The van der Waals surface area contributed by atoms with Crippen molar-refractivity contribution in [2.45, 2.75) is 32.1 Å². The number of nitriles is 1. The van der Waals surface area contributed by atoms with Crippen LogP contribution in [0.1, 0.15) is 32.1 Å². The van der Waals surface area contributed by atoms with Crippen LogP contribution in [-0.2, 0) is 4.79 Å². The Morgan fingerprint density at radius 1 is 1.41 bits per heavy atom. The monoisotopic (exact) mass is 364 g/mol. The van der Waals surface area contributed by atoms with E-state index in [4.69, 9.17) is 5.26 Å². The molecule has 0 aromatic carbocycles. The Morgan fingerprint density at radius 3 is 3.04 bits per heavy atom. The lowest BCUT2D eigenvalue weighted by Gasteiger charge is -2.39. The minimum atomic E-state index is 0.101. The quantitative estimate of drug-likeness (QED) is 0.867. The van der Waals surface area contributed by atoms with Crippen LogP contribution in [0.5, 0.6) is 0 Å². The van der Waals surface area contributed by atoms with Crippen LogP contribution < -0.4 is 10.2 Å². The van der Waals surface area contributed by atoms with E-state index in [-0.39, 0.29) is 23.2 Å². The van der Waals surface area contributed by atoms with Crippen molar-refractivity contribution in [2.75, 3.05) is 24.5 Å². The largest absolute Gasteiger partial charge is 0.356 e. The standard InChI is InChI=1S/C20H24N6O/c21-9-13-7-14(8-13)10-23-19(27)16-2-6-26(11-20(16)3-4-20)18-15-1-5-22-17(15)24-12-25-18/h1,5,12-14,16H,2-4,6-8,10-11H2,(H,23,27)(H,22,24,25). The minimum absolute atomic E-state index is 0.101. The van der Waals surface area contributed by atoms with Gasteiger partial charge in [-0.05, 0) is 49.5 Å². The lowest BCUT2D eigenvalue weighted by molar-refractivity contribution is -0.128. The van der Waals surface area contributed by atoms with Gasteiger partial charge >= 0.3 is 0 Å². The van der Waals surface area contributed by atoms with Crippen molar-refractivity contribution in [3.8, 4) is 6.07 Å². The van der Waals surface area contributed by atoms with Crippen LogP contribution in [0.3, 0.4) is 0 Å². The van der Waals surface area contributed by atoms with E-state index >= 15 is 0 Å². The van der Waals surface area contributed by atoms with Gasteiger partial charge in [0.15, 0.2) is 0 Å². The summed E-state index contributed by atoms with van der Waals surface area (Å²) in [6.07, 6.45) is 8.47. The molecule has 27 heavy (non-hydrogen) atoms. The smallest absolute Gasteiger partial charge is 0.223 e. The summed E-state index contributed by atoms with van der Waals surface area (Å²) in [5.74, 6) is 1.97. The SMILES string of the molecule is N#CC1CC(CNC(=O)C2CCN(c3ncnc4[nH]ccc34)CC23CC3)C1. The first-order chi connectivity index (χ1) is 13.2. The summed E-state index contributed by atoms with van der Waals surface area (Å²) < 4.78 is 0. The predicted molar refractivity (Wildman–Crippen MR) is 101 cm³/mol. The molecule has 3 heterocycles. The molecule has 3 fully saturated rings. The number of piperidine rings is 1. The van der Waals surface area contributed by atoms with E-state index in [1.165, 1.54) is 0 Å². The van der Waals surface area contributed by atoms with E-state index < -0.39 is 0 Å². The summed E-state index contributed by atoms with van der Waals surface area (Å²) in [7, 11) is 0. The number of carbonyl (C=O) groups excluding carboxylic acids is 1. The van der Waals surface area contributed by atoms with E-state index in [1.54, 1.807) is 6.33 Å². The second kappa shape index (κ2) is 6.22. The van der Waals surface area contributed by atoms with Gasteiger partial charge in [0.05, 0.1) is 11.5 Å². The van der Waals surface area contributed by atoms with Gasteiger partial charge in [-0.25, -0.2) is 9.97 Å². The second-order valence-electron chi connectivity index (χ2n) is 8.47. The summed E-state index contributed by atoms with van der Waals surface area (Å²) in [6.45, 7) is 2.46. The number of hydrogen-bond donors (Lipinski definition) is 2. The van der Waals surface area contributed by atoms with Gasteiger partial charge in [-0.3, -0.25) is 4.79 Å². The molecule has 2 aromatic rings. The predicted octanol–water partition coefficient (Wildman–Crippen LogP) is 2.23. The molecule has 5 rings (SSSR count). The summed E-state index contributed by atoms with van der Waals surface area (Å²) in [5, 5.41) is 13.1. The van der Waals surface area contributed by atoms with E-state index in [0.29, 0.717) is 5.92 Å². The summed E-state index contributed by atoms with van der Waals surface area (Å²) in [4.78, 5) is 27.1. The van der Waals surface area contributed by atoms with Crippen LogP contribution >= 0.6 is 0 Å². The molecule has 140 valence electrons. The number of H-pyrrole nitrogens is 1. The number of anilines is 1. The Bertz CT molecular complexity index is 905. The van der Waals surface area contributed by atoms with Crippen molar-refractivity contribution in [3.63, 3.8) is 0 Å². The average Bonchev–Trinajstić information content (AvgIpc) is 3.22. The molecule has 2 aliphatic carbocycles. The number of amides is 1. The van der Waals surface area contributed by atoms with Crippen LogP contribution in [0, 0.1) is 34.5 Å². The Labute approximate surface area is 158 Å². The zero-order chi connectivity index (χ0) is 18.4. The highest BCUT2D eigenvalue weighted by Crippen LogP contribution is 2.56. The molecule has 1 unspecified atom stereocenters. The number of aromatic amines is 1. The third kappa shape index (κ3) is 2.84. The molecule has 7 heteroatoms. The number of fused-ring (bicyclic) bond motifs is 1. The van der Waals surface area contributed by atoms with Crippen molar-refractivity contribution in [3.05, 3.63) is 18.6 Å². The van der Waals surface area contributed by atoms with Gasteiger partial charge in [0.2, 0.25) is 5.91 Å². The van der Waals surface area contributed by atoms with Crippen molar-refractivity contribution in [1.82, 2.24) is 20.3 Å². The fourth-order valence-electron chi connectivity index (χ4n) is 4.90. The van der Waals surface area contributed by atoms with Crippen LogP contribution in [0.4, 0.5) is 5.82 Å². The van der Waals surface area contributed by atoms with Gasteiger partial charge in [-0.2, -0.15) is 5.26 Å². The van der Waals surface area contributed by atoms with E-state index in [9.17, 15) is 4.79 Å². The molecule has 2 aromatic heterocycles. The van der Waals surface area contributed by atoms with Crippen LogP contribution in [0.2, 0.25) is 0 Å². The Kier molecular flexibility index (Phi) is 3.81. The molecular weight excluding hydrogens is 340 g/mol. The summed E-state index contributed by atoms with van der Waals surface area (Å²) >= 11 is 0. The van der Waals surface area contributed by atoms with Gasteiger partial charge in [0.25, 0.3) is 0 Å². The first-order valence-electron chi connectivity index (χ1n) is 9.89. The topological polar surface area (TPSA) is 97.7 Å². The first kappa shape index (κ1) is 16.5. The molecule has 2 N–H and O–H groups in total. The Morgan fingerprint density at radius 2 is 2.26 bits per heavy atom. The van der Waals surface area contributed by atoms with Gasteiger partial charge in [-0.1, -0.05) is 0 Å². The van der Waals surface area contributed by atoms with Gasteiger partial charge in [0.1, 0.15) is 17.8 Å². The molecule has 1 spiro atoms. The van der Waals surface area contributed by atoms with E-state index in [0.717, 1.165) is 68.6 Å². The van der Waals surface area contributed by atoms with Crippen molar-refractivity contribution >= 4 is 22.8 Å². The number of nitrogens with zero attached hydrogens (tertiary/aromatic N) is 4. The van der Waals surface area contributed by atoms with Crippen LogP contribution in [0.25, 0.3) is 11.0 Å². The molecule has 2 saturated carbocycles. The fourth-order valence-corrected chi connectivity index (χ4v) is 4.90. The summed E-state index contributed by atoms with van der Waals surface area (Å²) in [6, 6.07) is 4.33. The molecule has 7 nitrogen and oxygen atoms in total. The van der Waals surface area contributed by atoms with E-state index in [2.05, 4.69) is 31.2 Å². The molecule has 1 saturated heterocycles. The van der Waals surface area contributed by atoms with Crippen molar-refractivity contribution in [1.29, 1.82) is 5.26 Å². The molecule has 3 aliphatic rings. The zero-order valence-corrected chi connectivity index (χ0v) is 15.3. The number of carbonyl (C=O) groups is 1. The lowest BCUT2D eigenvalue weighted by atomic mass is 9.75. The average molecular weight is 364 g/mol. The third-order valence-electron chi connectivity index (χ3n) is 6.76. The molecule has 0 radical (unpaired) electrons. The highest BCUT2D eigenvalue weighted by Gasteiger charge is 2.55. The Balaban J connectivity index is 1.24. The number of aromatic nitrogens is 3. The normalized spacial score (nSPS) is 28.6. The van der Waals surface area contributed by atoms with E-state index in [1.807, 2.05) is 12.3 Å². The maximum atomic E-state index is 12.8. The summed E-state index contributed by atoms with van der Waals surface area (Å²) in [5.41, 5.74) is 0.964. The van der Waals surface area contributed by atoms with Gasteiger partial charge in [-0.15, -0.1) is 0 Å². The molecule has 0 bridgehead atoms. The number of nitrogens with one attached hydrogen (secondary N) is 2. The van der Waals surface area contributed by atoms with Crippen molar-refractivity contribution < 1.29 is 4.79 Å². The Hall–Kier alpha value is -2.62. The molecule has 1 aliphatic heterocycles. The minimum Gasteiger partial charge on any atom is -0.356 e.